The van der Waals surface area contributed by atoms with Gasteiger partial charge in [-0.3, -0.25) is 4.79 Å². The van der Waals surface area contributed by atoms with Gasteiger partial charge in [0, 0.05) is 17.1 Å². The van der Waals surface area contributed by atoms with Crippen molar-refractivity contribution in [3.63, 3.8) is 0 Å². The molecule has 4 heteroatoms. The Hall–Kier alpha value is -3.58. The SMILES string of the molecule is Cc1cccc(CC(=O)Nc2ccc(Nc3cccc(C#N)c3)cc2)c1. The van der Waals surface area contributed by atoms with Crippen LogP contribution in [0.4, 0.5) is 17.1 Å². The van der Waals surface area contributed by atoms with E-state index in [1.165, 1.54) is 0 Å². The molecule has 3 aromatic rings. The third kappa shape index (κ3) is 4.71. The lowest BCUT2D eigenvalue weighted by Crippen LogP contribution is -2.14. The molecule has 0 spiro atoms. The molecule has 2 N–H and O–H groups in total. The second-order valence-electron chi connectivity index (χ2n) is 6.11. The van der Waals surface area contributed by atoms with Crippen LogP contribution in [0.2, 0.25) is 0 Å². The van der Waals surface area contributed by atoms with Crippen LogP contribution in [0.1, 0.15) is 16.7 Å². The smallest absolute Gasteiger partial charge is 0.228 e. The molecule has 0 aromatic heterocycles. The summed E-state index contributed by atoms with van der Waals surface area (Å²) in [6.07, 6.45) is 0.350. The van der Waals surface area contributed by atoms with E-state index in [1.54, 1.807) is 12.1 Å². The first-order valence-electron chi connectivity index (χ1n) is 8.35. The molecule has 0 bridgehead atoms. The van der Waals surface area contributed by atoms with Crippen molar-refractivity contribution in [2.75, 3.05) is 10.6 Å². The number of carbonyl (C=O) groups excluding carboxylic acids is 1. The molecule has 0 atom stereocenters. The van der Waals surface area contributed by atoms with Crippen molar-refractivity contribution in [2.45, 2.75) is 13.3 Å². The van der Waals surface area contributed by atoms with E-state index < -0.39 is 0 Å². The molecule has 0 aliphatic rings. The van der Waals surface area contributed by atoms with E-state index in [0.29, 0.717) is 12.0 Å². The number of nitrogens with one attached hydrogen (secondary N) is 2. The van der Waals surface area contributed by atoms with Crippen molar-refractivity contribution in [1.29, 1.82) is 5.26 Å². The Balaban J connectivity index is 1.60. The van der Waals surface area contributed by atoms with Crippen LogP contribution in [0, 0.1) is 18.3 Å². The van der Waals surface area contributed by atoms with Crippen LogP contribution in [-0.4, -0.2) is 5.91 Å². The monoisotopic (exact) mass is 341 g/mol. The molecule has 0 saturated heterocycles. The minimum Gasteiger partial charge on any atom is -0.355 e. The standard InChI is InChI=1S/C22H19N3O/c1-16-4-2-5-17(12-16)14-22(26)25-20-10-8-19(9-11-20)24-21-7-3-6-18(13-21)15-23/h2-13,24H,14H2,1H3,(H,25,26). The van der Waals surface area contributed by atoms with Crippen LogP contribution in [0.15, 0.2) is 72.8 Å². The molecule has 0 heterocycles. The Morgan fingerprint density at radius 1 is 0.923 bits per heavy atom. The summed E-state index contributed by atoms with van der Waals surface area (Å²) in [6.45, 7) is 2.01. The van der Waals surface area contributed by atoms with Gasteiger partial charge in [0.15, 0.2) is 0 Å². The topological polar surface area (TPSA) is 64.9 Å². The summed E-state index contributed by atoms with van der Waals surface area (Å²) in [7, 11) is 0. The molecule has 1 amide bonds. The van der Waals surface area contributed by atoms with Gasteiger partial charge in [0.2, 0.25) is 5.91 Å². The van der Waals surface area contributed by atoms with E-state index >= 15 is 0 Å². The van der Waals surface area contributed by atoms with Gasteiger partial charge in [-0.25, -0.2) is 0 Å². The molecule has 0 fully saturated rings. The Kier molecular flexibility index (Phi) is 5.31. The molecule has 3 aromatic carbocycles. The Morgan fingerprint density at radius 2 is 1.65 bits per heavy atom. The molecule has 3 rings (SSSR count). The van der Waals surface area contributed by atoms with Crippen molar-refractivity contribution in [3.05, 3.63) is 89.5 Å². The molecule has 128 valence electrons. The predicted molar refractivity (Wildman–Crippen MR) is 104 cm³/mol. The second kappa shape index (κ2) is 8.00. The van der Waals surface area contributed by atoms with E-state index in [4.69, 9.17) is 5.26 Å². The summed E-state index contributed by atoms with van der Waals surface area (Å²) in [5, 5.41) is 15.1. The summed E-state index contributed by atoms with van der Waals surface area (Å²) in [5.74, 6) is -0.0435. The van der Waals surface area contributed by atoms with Crippen molar-refractivity contribution in [3.8, 4) is 6.07 Å². The molecular formula is C22H19N3O. The zero-order chi connectivity index (χ0) is 18.4. The first-order valence-corrected chi connectivity index (χ1v) is 8.35. The number of carbonyl (C=O) groups is 1. The highest BCUT2D eigenvalue weighted by atomic mass is 16.1. The molecule has 0 saturated carbocycles. The fourth-order valence-electron chi connectivity index (χ4n) is 2.68. The number of aryl methyl sites for hydroxylation is 1. The molecule has 4 nitrogen and oxygen atoms in total. The number of hydrogen-bond acceptors (Lipinski definition) is 3. The van der Waals surface area contributed by atoms with Crippen molar-refractivity contribution >= 4 is 23.0 Å². The van der Waals surface area contributed by atoms with Gasteiger partial charge in [0.25, 0.3) is 0 Å². The van der Waals surface area contributed by atoms with Gasteiger partial charge >= 0.3 is 0 Å². The molecule has 0 unspecified atom stereocenters. The Morgan fingerprint density at radius 3 is 2.38 bits per heavy atom. The van der Waals surface area contributed by atoms with Crippen molar-refractivity contribution in [2.24, 2.45) is 0 Å². The summed E-state index contributed by atoms with van der Waals surface area (Å²) in [4.78, 5) is 12.2. The number of nitrogens with zero attached hydrogens (tertiary/aromatic N) is 1. The number of rotatable bonds is 5. The maximum Gasteiger partial charge on any atom is 0.228 e. The fourth-order valence-corrected chi connectivity index (χ4v) is 2.68. The van der Waals surface area contributed by atoms with Crippen LogP contribution in [-0.2, 0) is 11.2 Å². The average molecular weight is 341 g/mol. The molecule has 0 radical (unpaired) electrons. The van der Waals surface area contributed by atoms with Gasteiger partial charge in [-0.2, -0.15) is 5.26 Å². The van der Waals surface area contributed by atoms with Crippen molar-refractivity contribution in [1.82, 2.24) is 0 Å². The van der Waals surface area contributed by atoms with Crippen molar-refractivity contribution < 1.29 is 4.79 Å². The Labute approximate surface area is 153 Å². The molecule has 26 heavy (non-hydrogen) atoms. The number of nitriles is 1. The second-order valence-corrected chi connectivity index (χ2v) is 6.11. The van der Waals surface area contributed by atoms with Crippen LogP contribution in [0.25, 0.3) is 0 Å². The van der Waals surface area contributed by atoms with E-state index in [2.05, 4.69) is 16.7 Å². The number of amides is 1. The van der Waals surface area contributed by atoms with Gasteiger partial charge in [0.1, 0.15) is 0 Å². The lowest BCUT2D eigenvalue weighted by Gasteiger charge is -2.09. The maximum absolute atomic E-state index is 12.2. The van der Waals surface area contributed by atoms with Gasteiger partial charge < -0.3 is 10.6 Å². The molecule has 0 aliphatic carbocycles. The lowest BCUT2D eigenvalue weighted by atomic mass is 10.1. The first kappa shape index (κ1) is 17.2. The highest BCUT2D eigenvalue weighted by Crippen LogP contribution is 2.20. The van der Waals surface area contributed by atoms with Gasteiger partial charge in [-0.15, -0.1) is 0 Å². The third-order valence-corrected chi connectivity index (χ3v) is 3.90. The zero-order valence-electron chi connectivity index (χ0n) is 14.5. The van der Waals surface area contributed by atoms with E-state index in [9.17, 15) is 4.79 Å². The van der Waals surface area contributed by atoms with Crippen LogP contribution in [0.3, 0.4) is 0 Å². The average Bonchev–Trinajstić information content (AvgIpc) is 2.63. The molecule has 0 aliphatic heterocycles. The van der Waals surface area contributed by atoms with Gasteiger partial charge in [-0.05, 0) is 55.0 Å². The van der Waals surface area contributed by atoms with Gasteiger partial charge in [0.05, 0.1) is 18.1 Å². The number of hydrogen-bond donors (Lipinski definition) is 2. The summed E-state index contributed by atoms with van der Waals surface area (Å²) in [5.41, 5.74) is 5.23. The number of anilines is 3. The van der Waals surface area contributed by atoms with Gasteiger partial charge in [-0.1, -0.05) is 35.9 Å². The van der Waals surface area contributed by atoms with Crippen LogP contribution < -0.4 is 10.6 Å². The normalized spacial score (nSPS) is 10.0. The number of benzene rings is 3. The minimum atomic E-state index is -0.0435. The maximum atomic E-state index is 12.2. The summed E-state index contributed by atoms with van der Waals surface area (Å²) >= 11 is 0. The largest absolute Gasteiger partial charge is 0.355 e. The summed E-state index contributed by atoms with van der Waals surface area (Å²) < 4.78 is 0. The molecular weight excluding hydrogens is 322 g/mol. The minimum absolute atomic E-state index is 0.0435. The van der Waals surface area contributed by atoms with E-state index in [1.807, 2.05) is 67.6 Å². The quantitative estimate of drug-likeness (QED) is 0.701. The van der Waals surface area contributed by atoms with Crippen LogP contribution >= 0.6 is 0 Å². The highest BCUT2D eigenvalue weighted by molar-refractivity contribution is 5.92. The zero-order valence-corrected chi connectivity index (χ0v) is 14.5. The lowest BCUT2D eigenvalue weighted by molar-refractivity contribution is -0.115. The first-order chi connectivity index (χ1) is 12.6. The Bertz CT molecular complexity index is 956. The van der Waals surface area contributed by atoms with E-state index in [0.717, 1.165) is 28.2 Å². The van der Waals surface area contributed by atoms with E-state index in [-0.39, 0.29) is 5.91 Å². The third-order valence-electron chi connectivity index (χ3n) is 3.90. The van der Waals surface area contributed by atoms with Crippen LogP contribution in [0.5, 0.6) is 0 Å². The highest BCUT2D eigenvalue weighted by Gasteiger charge is 2.05. The predicted octanol–water partition coefficient (Wildman–Crippen LogP) is 4.79. The summed E-state index contributed by atoms with van der Waals surface area (Å²) in [6, 6.07) is 24.8. The fraction of sp³-hybridized carbons (Fsp3) is 0.0909.